The lowest BCUT2D eigenvalue weighted by atomic mass is 10.0. The van der Waals surface area contributed by atoms with E-state index in [-0.39, 0.29) is 16.5 Å². The summed E-state index contributed by atoms with van der Waals surface area (Å²) in [5.74, 6) is -1.54. The average Bonchev–Trinajstić information content (AvgIpc) is 2.93. The smallest absolute Gasteiger partial charge is 0.262 e. The Hall–Kier alpha value is -3.08. The number of fused-ring (bicyclic) bond motifs is 5. The Morgan fingerprint density at radius 1 is 0.958 bits per heavy atom. The van der Waals surface area contributed by atoms with Crippen molar-refractivity contribution in [1.82, 2.24) is 9.55 Å². The molecule has 0 N–H and O–H groups in total. The van der Waals surface area contributed by atoms with Crippen molar-refractivity contribution in [2.24, 2.45) is 0 Å². The molecular weight excluding hydrogens is 310 g/mol. The summed E-state index contributed by atoms with van der Waals surface area (Å²) in [6, 6.07) is 13.8. The van der Waals surface area contributed by atoms with E-state index in [2.05, 4.69) is 4.98 Å². The summed E-state index contributed by atoms with van der Waals surface area (Å²) < 4.78 is 28.5. The highest BCUT2D eigenvalue weighted by atomic mass is 19.2. The third-order valence-corrected chi connectivity index (χ3v) is 4.54. The highest BCUT2D eigenvalue weighted by molar-refractivity contribution is 5.90. The van der Waals surface area contributed by atoms with Gasteiger partial charge >= 0.3 is 0 Å². The standard InChI is InChI=1S/C19H10F2N2O/c20-15-7-14-17(8-16(15)21)22-18-13-6-11-4-2-1-3-10(11)5-12(13)9-23(18)19(14)24/h1-8H,9H2. The minimum absolute atomic E-state index is 0.0926. The van der Waals surface area contributed by atoms with E-state index in [4.69, 9.17) is 0 Å². The van der Waals surface area contributed by atoms with Gasteiger partial charge in [-0.25, -0.2) is 13.8 Å². The van der Waals surface area contributed by atoms with Gasteiger partial charge in [0.15, 0.2) is 11.6 Å². The van der Waals surface area contributed by atoms with Crippen LogP contribution in [0.1, 0.15) is 5.56 Å². The van der Waals surface area contributed by atoms with E-state index in [1.165, 1.54) is 4.57 Å². The molecule has 0 amide bonds. The molecule has 4 aromatic rings. The van der Waals surface area contributed by atoms with Gasteiger partial charge in [-0.1, -0.05) is 24.3 Å². The molecule has 0 bridgehead atoms. The fourth-order valence-corrected chi connectivity index (χ4v) is 3.37. The topological polar surface area (TPSA) is 34.9 Å². The van der Waals surface area contributed by atoms with Gasteiger partial charge in [0.25, 0.3) is 5.56 Å². The van der Waals surface area contributed by atoms with E-state index in [0.29, 0.717) is 12.4 Å². The molecule has 5 rings (SSSR count). The molecule has 0 aliphatic carbocycles. The summed E-state index contributed by atoms with van der Waals surface area (Å²) in [4.78, 5) is 17.1. The Labute approximate surface area is 134 Å². The molecule has 0 unspecified atom stereocenters. The van der Waals surface area contributed by atoms with Gasteiger partial charge in [-0.15, -0.1) is 0 Å². The van der Waals surface area contributed by atoms with Crippen LogP contribution in [-0.2, 0) is 6.54 Å². The van der Waals surface area contributed by atoms with E-state index in [0.717, 1.165) is 34.0 Å². The van der Waals surface area contributed by atoms with Crippen molar-refractivity contribution >= 4 is 21.7 Å². The Balaban J connectivity index is 1.87. The normalized spacial score (nSPS) is 12.6. The molecule has 116 valence electrons. The molecule has 0 saturated heterocycles. The van der Waals surface area contributed by atoms with Crippen molar-refractivity contribution in [2.45, 2.75) is 6.54 Å². The van der Waals surface area contributed by atoms with Gasteiger partial charge in [-0.05, 0) is 34.5 Å². The van der Waals surface area contributed by atoms with E-state index in [1.54, 1.807) is 0 Å². The predicted octanol–water partition coefficient (Wildman–Crippen LogP) is 3.86. The lowest BCUT2D eigenvalue weighted by molar-refractivity contribution is 0.510. The number of aromatic nitrogens is 2. The van der Waals surface area contributed by atoms with Crippen LogP contribution in [0.3, 0.4) is 0 Å². The molecular formula is C19H10F2N2O. The third-order valence-electron chi connectivity index (χ3n) is 4.54. The minimum Gasteiger partial charge on any atom is -0.288 e. The number of halogens is 2. The molecule has 0 spiro atoms. The van der Waals surface area contributed by atoms with Gasteiger partial charge in [0.05, 0.1) is 17.4 Å². The monoisotopic (exact) mass is 320 g/mol. The van der Waals surface area contributed by atoms with Crippen molar-refractivity contribution in [3.8, 4) is 11.4 Å². The average molecular weight is 320 g/mol. The van der Waals surface area contributed by atoms with Crippen LogP contribution in [0.4, 0.5) is 8.78 Å². The Morgan fingerprint density at radius 3 is 2.46 bits per heavy atom. The lowest BCUT2D eigenvalue weighted by Crippen LogP contribution is -2.20. The first-order valence-electron chi connectivity index (χ1n) is 7.53. The van der Waals surface area contributed by atoms with Gasteiger partial charge in [0.1, 0.15) is 5.82 Å². The molecule has 24 heavy (non-hydrogen) atoms. The van der Waals surface area contributed by atoms with E-state index in [1.807, 2.05) is 36.4 Å². The minimum atomic E-state index is -1.04. The molecule has 1 aromatic heterocycles. The number of rotatable bonds is 0. The second kappa shape index (κ2) is 4.47. The van der Waals surface area contributed by atoms with Gasteiger partial charge in [0.2, 0.25) is 0 Å². The largest absolute Gasteiger partial charge is 0.288 e. The highest BCUT2D eigenvalue weighted by Gasteiger charge is 2.23. The molecule has 0 atom stereocenters. The Kier molecular flexibility index (Phi) is 2.49. The van der Waals surface area contributed by atoms with E-state index >= 15 is 0 Å². The number of hydrogen-bond acceptors (Lipinski definition) is 2. The summed E-state index contributed by atoms with van der Waals surface area (Å²) >= 11 is 0. The first kappa shape index (κ1) is 13.4. The molecule has 1 aliphatic rings. The van der Waals surface area contributed by atoms with Crippen molar-refractivity contribution < 1.29 is 8.78 Å². The Morgan fingerprint density at radius 2 is 1.67 bits per heavy atom. The summed E-state index contributed by atoms with van der Waals surface area (Å²) in [6.45, 7) is 0.385. The van der Waals surface area contributed by atoms with Crippen LogP contribution in [0, 0.1) is 11.6 Å². The molecule has 2 heterocycles. The lowest BCUT2D eigenvalue weighted by Gasteiger charge is -2.06. The summed E-state index contributed by atoms with van der Waals surface area (Å²) in [7, 11) is 0. The quantitative estimate of drug-likeness (QED) is 0.434. The number of benzene rings is 3. The van der Waals surface area contributed by atoms with Crippen LogP contribution in [0.25, 0.3) is 33.1 Å². The molecule has 3 nitrogen and oxygen atoms in total. The SMILES string of the molecule is O=c1c2cc(F)c(F)cc2nc2n1Cc1cc3ccccc3cc1-2. The van der Waals surface area contributed by atoms with Crippen LogP contribution in [-0.4, -0.2) is 9.55 Å². The van der Waals surface area contributed by atoms with Crippen LogP contribution >= 0.6 is 0 Å². The predicted molar refractivity (Wildman–Crippen MR) is 88.0 cm³/mol. The second-order valence-electron chi connectivity index (χ2n) is 5.97. The summed E-state index contributed by atoms with van der Waals surface area (Å²) in [5.41, 5.74) is 1.66. The van der Waals surface area contributed by atoms with Gasteiger partial charge in [-0.3, -0.25) is 9.36 Å². The second-order valence-corrected chi connectivity index (χ2v) is 5.97. The molecule has 0 fully saturated rings. The van der Waals surface area contributed by atoms with Crippen LogP contribution in [0.2, 0.25) is 0 Å². The zero-order valence-electron chi connectivity index (χ0n) is 12.4. The molecule has 0 saturated carbocycles. The third kappa shape index (κ3) is 1.69. The maximum atomic E-state index is 13.5. The maximum absolute atomic E-state index is 13.5. The van der Waals surface area contributed by atoms with Crippen molar-refractivity contribution in [1.29, 1.82) is 0 Å². The van der Waals surface area contributed by atoms with Crippen LogP contribution < -0.4 is 5.56 Å². The van der Waals surface area contributed by atoms with Gasteiger partial charge in [0, 0.05) is 11.6 Å². The Bertz CT molecular complexity index is 1230. The van der Waals surface area contributed by atoms with Crippen molar-refractivity contribution in [2.75, 3.05) is 0 Å². The van der Waals surface area contributed by atoms with Crippen molar-refractivity contribution in [3.63, 3.8) is 0 Å². The first-order chi connectivity index (χ1) is 11.6. The van der Waals surface area contributed by atoms with Crippen molar-refractivity contribution in [3.05, 3.63) is 76.1 Å². The zero-order chi connectivity index (χ0) is 16.4. The van der Waals surface area contributed by atoms with E-state index in [9.17, 15) is 13.6 Å². The van der Waals surface area contributed by atoms with E-state index < -0.39 is 11.6 Å². The molecule has 1 aliphatic heterocycles. The molecule has 5 heteroatoms. The highest BCUT2D eigenvalue weighted by Crippen LogP contribution is 2.33. The number of hydrogen-bond donors (Lipinski definition) is 0. The summed E-state index contributed by atoms with van der Waals surface area (Å²) in [5, 5.41) is 2.22. The molecule has 3 aromatic carbocycles. The summed E-state index contributed by atoms with van der Waals surface area (Å²) in [6.07, 6.45) is 0. The zero-order valence-corrected chi connectivity index (χ0v) is 12.4. The fourth-order valence-electron chi connectivity index (χ4n) is 3.37. The van der Waals surface area contributed by atoms with Crippen LogP contribution in [0.5, 0.6) is 0 Å². The number of nitrogens with zero attached hydrogens (tertiary/aromatic N) is 2. The van der Waals surface area contributed by atoms with Crippen LogP contribution in [0.15, 0.2) is 53.3 Å². The molecule has 0 radical (unpaired) electrons. The maximum Gasteiger partial charge on any atom is 0.262 e. The first-order valence-corrected chi connectivity index (χ1v) is 7.53. The fraction of sp³-hybridized carbons (Fsp3) is 0.0526. The van der Waals surface area contributed by atoms with Gasteiger partial charge < -0.3 is 0 Å². The van der Waals surface area contributed by atoms with Gasteiger partial charge in [-0.2, -0.15) is 0 Å².